The first-order valence-electron chi connectivity index (χ1n) is 6.76. The van der Waals surface area contributed by atoms with Crippen LogP contribution in [0.1, 0.15) is 18.4 Å². The molecule has 2 N–H and O–H groups in total. The number of aliphatic carboxylic acids is 1. The van der Waals surface area contributed by atoms with Crippen molar-refractivity contribution in [1.82, 2.24) is 10.3 Å². The molecule has 0 bridgehead atoms. The van der Waals surface area contributed by atoms with Crippen molar-refractivity contribution in [2.45, 2.75) is 19.4 Å². The predicted molar refractivity (Wildman–Crippen MR) is 75.6 cm³/mol. The largest absolute Gasteiger partial charge is 0.481 e. The van der Waals surface area contributed by atoms with E-state index in [0.29, 0.717) is 25.3 Å². The first-order chi connectivity index (χ1) is 10.1. The van der Waals surface area contributed by atoms with Crippen molar-refractivity contribution in [2.75, 3.05) is 7.11 Å². The molecular weight excluding hydrogens is 272 g/mol. The van der Waals surface area contributed by atoms with Gasteiger partial charge in [-0.1, -0.05) is 12.2 Å². The summed E-state index contributed by atoms with van der Waals surface area (Å²) in [5.74, 6) is -1.85. The van der Waals surface area contributed by atoms with Crippen LogP contribution in [0.25, 0.3) is 0 Å². The molecule has 1 amide bonds. The molecule has 112 valence electrons. The third kappa shape index (κ3) is 3.81. The molecule has 6 heteroatoms. The summed E-state index contributed by atoms with van der Waals surface area (Å²) in [4.78, 5) is 27.4. The van der Waals surface area contributed by atoms with Crippen LogP contribution in [0.3, 0.4) is 0 Å². The van der Waals surface area contributed by atoms with Gasteiger partial charge in [0.05, 0.1) is 18.9 Å². The highest BCUT2D eigenvalue weighted by molar-refractivity contribution is 5.85. The summed E-state index contributed by atoms with van der Waals surface area (Å²) in [7, 11) is 1.52. The number of pyridine rings is 1. The molecule has 1 aromatic heterocycles. The number of carboxylic acids is 1. The van der Waals surface area contributed by atoms with E-state index >= 15 is 0 Å². The summed E-state index contributed by atoms with van der Waals surface area (Å²) >= 11 is 0. The van der Waals surface area contributed by atoms with E-state index in [1.165, 1.54) is 7.11 Å². The summed E-state index contributed by atoms with van der Waals surface area (Å²) in [5, 5.41) is 12.0. The van der Waals surface area contributed by atoms with E-state index in [4.69, 9.17) is 4.74 Å². The van der Waals surface area contributed by atoms with Crippen molar-refractivity contribution in [1.29, 1.82) is 0 Å². The monoisotopic (exact) mass is 290 g/mol. The number of carbonyl (C=O) groups is 2. The zero-order chi connectivity index (χ0) is 15.2. The van der Waals surface area contributed by atoms with Crippen molar-refractivity contribution in [3.8, 4) is 5.88 Å². The molecule has 2 unspecified atom stereocenters. The first-order valence-corrected chi connectivity index (χ1v) is 6.76. The molecule has 1 aromatic rings. The number of carbonyl (C=O) groups excluding carboxylic acids is 1. The predicted octanol–water partition coefficient (Wildman–Crippen LogP) is 1.37. The van der Waals surface area contributed by atoms with Crippen molar-refractivity contribution in [3.05, 3.63) is 36.0 Å². The van der Waals surface area contributed by atoms with E-state index in [9.17, 15) is 14.7 Å². The fourth-order valence-corrected chi connectivity index (χ4v) is 2.37. The number of methoxy groups -OCH3 is 1. The Morgan fingerprint density at radius 2 is 2.10 bits per heavy atom. The highest BCUT2D eigenvalue weighted by Crippen LogP contribution is 2.26. The van der Waals surface area contributed by atoms with Gasteiger partial charge in [-0.05, 0) is 24.5 Å². The minimum Gasteiger partial charge on any atom is -0.481 e. The van der Waals surface area contributed by atoms with Gasteiger partial charge in [0.1, 0.15) is 0 Å². The first kappa shape index (κ1) is 15.0. The van der Waals surface area contributed by atoms with Crippen LogP contribution in [0.2, 0.25) is 0 Å². The van der Waals surface area contributed by atoms with Gasteiger partial charge in [-0.25, -0.2) is 4.98 Å². The van der Waals surface area contributed by atoms with Gasteiger partial charge in [-0.3, -0.25) is 9.59 Å². The summed E-state index contributed by atoms with van der Waals surface area (Å²) in [5.41, 5.74) is 0.855. The van der Waals surface area contributed by atoms with E-state index < -0.39 is 17.8 Å². The Kier molecular flexibility index (Phi) is 4.92. The van der Waals surface area contributed by atoms with Gasteiger partial charge in [0.25, 0.3) is 0 Å². The molecular formula is C15H18N2O4. The molecule has 0 saturated carbocycles. The Hall–Kier alpha value is -2.37. The molecule has 0 radical (unpaired) electrons. The van der Waals surface area contributed by atoms with Crippen LogP contribution >= 0.6 is 0 Å². The standard InChI is InChI=1S/C15H18N2O4/c1-21-13-8-10(6-7-16-13)9-17-14(18)11-4-2-3-5-12(11)15(19)20/h2-3,6-8,11-12H,4-5,9H2,1H3,(H,17,18)(H,19,20). The number of hydrogen-bond donors (Lipinski definition) is 2. The van der Waals surface area contributed by atoms with Crippen LogP contribution in [0.15, 0.2) is 30.5 Å². The lowest BCUT2D eigenvalue weighted by atomic mass is 9.82. The number of allylic oxidation sites excluding steroid dienone is 2. The van der Waals surface area contributed by atoms with E-state index in [0.717, 1.165) is 5.56 Å². The number of amides is 1. The molecule has 0 fully saturated rings. The Morgan fingerprint density at radius 3 is 2.76 bits per heavy atom. The highest BCUT2D eigenvalue weighted by atomic mass is 16.5. The van der Waals surface area contributed by atoms with Gasteiger partial charge < -0.3 is 15.2 Å². The quantitative estimate of drug-likeness (QED) is 0.800. The van der Waals surface area contributed by atoms with Crippen molar-refractivity contribution in [3.63, 3.8) is 0 Å². The lowest BCUT2D eigenvalue weighted by molar-refractivity contribution is -0.147. The summed E-state index contributed by atoms with van der Waals surface area (Å²) in [6, 6.07) is 3.51. The lowest BCUT2D eigenvalue weighted by Crippen LogP contribution is -2.38. The van der Waals surface area contributed by atoms with Gasteiger partial charge in [0.2, 0.25) is 11.8 Å². The van der Waals surface area contributed by atoms with E-state index in [1.807, 2.05) is 12.2 Å². The third-order valence-corrected chi connectivity index (χ3v) is 3.56. The molecule has 0 saturated heterocycles. The van der Waals surface area contributed by atoms with E-state index in [1.54, 1.807) is 18.3 Å². The number of rotatable bonds is 5. The number of hydrogen-bond acceptors (Lipinski definition) is 4. The zero-order valence-corrected chi connectivity index (χ0v) is 11.8. The smallest absolute Gasteiger partial charge is 0.307 e. The fraction of sp³-hybridized carbons (Fsp3) is 0.400. The molecule has 0 spiro atoms. The summed E-state index contributed by atoms with van der Waals surface area (Å²) < 4.78 is 5.02. The van der Waals surface area contributed by atoms with Crippen molar-refractivity contribution in [2.24, 2.45) is 11.8 Å². The minimum absolute atomic E-state index is 0.234. The number of aromatic nitrogens is 1. The number of nitrogens with zero attached hydrogens (tertiary/aromatic N) is 1. The maximum Gasteiger partial charge on any atom is 0.307 e. The highest BCUT2D eigenvalue weighted by Gasteiger charge is 2.33. The SMILES string of the molecule is COc1cc(CNC(=O)C2CC=CCC2C(=O)O)ccn1. The van der Waals surface area contributed by atoms with Crippen LogP contribution in [-0.2, 0) is 16.1 Å². The number of nitrogens with one attached hydrogen (secondary N) is 1. The Balaban J connectivity index is 1.97. The van der Waals surface area contributed by atoms with Crippen LogP contribution in [0.5, 0.6) is 5.88 Å². The summed E-state index contributed by atoms with van der Waals surface area (Å²) in [6.45, 7) is 0.324. The Morgan fingerprint density at radius 1 is 1.38 bits per heavy atom. The van der Waals surface area contributed by atoms with E-state index in [-0.39, 0.29) is 5.91 Å². The number of carboxylic acid groups (broad SMARTS) is 1. The van der Waals surface area contributed by atoms with Crippen molar-refractivity contribution < 1.29 is 19.4 Å². The van der Waals surface area contributed by atoms with Crippen LogP contribution in [-0.4, -0.2) is 29.1 Å². The molecule has 1 aliphatic rings. The van der Waals surface area contributed by atoms with Gasteiger partial charge in [0.15, 0.2) is 0 Å². The fourth-order valence-electron chi connectivity index (χ4n) is 2.37. The van der Waals surface area contributed by atoms with Gasteiger partial charge in [-0.15, -0.1) is 0 Å². The normalized spacial score (nSPS) is 20.8. The molecule has 1 aliphatic carbocycles. The molecule has 6 nitrogen and oxygen atoms in total. The maximum atomic E-state index is 12.2. The molecule has 1 heterocycles. The van der Waals surface area contributed by atoms with Gasteiger partial charge >= 0.3 is 5.97 Å². The topological polar surface area (TPSA) is 88.5 Å². The third-order valence-electron chi connectivity index (χ3n) is 3.56. The van der Waals surface area contributed by atoms with Crippen molar-refractivity contribution >= 4 is 11.9 Å². The Bertz CT molecular complexity index is 556. The van der Waals surface area contributed by atoms with Crippen LogP contribution < -0.4 is 10.1 Å². The second-order valence-electron chi connectivity index (χ2n) is 4.92. The molecule has 2 atom stereocenters. The molecule has 0 aromatic carbocycles. The molecule has 0 aliphatic heterocycles. The second kappa shape index (κ2) is 6.88. The zero-order valence-electron chi connectivity index (χ0n) is 11.8. The average Bonchev–Trinajstić information content (AvgIpc) is 2.52. The van der Waals surface area contributed by atoms with Gasteiger partial charge in [0, 0.05) is 18.8 Å². The lowest BCUT2D eigenvalue weighted by Gasteiger charge is -2.24. The second-order valence-corrected chi connectivity index (χ2v) is 4.92. The summed E-state index contributed by atoms with van der Waals surface area (Å²) in [6.07, 6.45) is 6.14. The van der Waals surface area contributed by atoms with Gasteiger partial charge in [-0.2, -0.15) is 0 Å². The molecule has 21 heavy (non-hydrogen) atoms. The number of ether oxygens (including phenoxy) is 1. The maximum absolute atomic E-state index is 12.2. The minimum atomic E-state index is -0.926. The molecule has 2 rings (SSSR count). The van der Waals surface area contributed by atoms with Crippen LogP contribution in [0.4, 0.5) is 0 Å². The van der Waals surface area contributed by atoms with E-state index in [2.05, 4.69) is 10.3 Å². The average molecular weight is 290 g/mol. The Labute approximate surface area is 122 Å². The van der Waals surface area contributed by atoms with Crippen LogP contribution in [0, 0.1) is 11.8 Å².